The molecule has 2 amide bonds. The molecule has 1 aliphatic heterocycles. The van der Waals surface area contributed by atoms with Crippen LogP contribution in [0.3, 0.4) is 0 Å². The Labute approximate surface area is 160 Å². The second-order valence-corrected chi connectivity index (χ2v) is 7.34. The second kappa shape index (κ2) is 6.96. The zero-order valence-electron chi connectivity index (χ0n) is 14.9. The summed E-state index contributed by atoms with van der Waals surface area (Å²) in [6.45, 7) is 4.23. The van der Waals surface area contributed by atoms with Crippen molar-refractivity contribution in [3.8, 4) is 5.82 Å². The molecule has 0 radical (unpaired) electrons. The van der Waals surface area contributed by atoms with Gasteiger partial charge in [-0.1, -0.05) is 12.1 Å². The molecule has 0 saturated carbocycles. The van der Waals surface area contributed by atoms with E-state index in [-0.39, 0.29) is 11.8 Å². The van der Waals surface area contributed by atoms with Gasteiger partial charge in [0, 0.05) is 18.0 Å². The fourth-order valence-electron chi connectivity index (χ4n) is 3.05. The van der Waals surface area contributed by atoms with Crippen molar-refractivity contribution in [1.82, 2.24) is 24.9 Å². The number of carbonyl (C=O) groups excluding carboxylic acids is 2. The molecule has 2 aromatic heterocycles. The highest BCUT2D eigenvalue weighted by Crippen LogP contribution is 2.23. The summed E-state index contributed by atoms with van der Waals surface area (Å²) in [7, 11) is 0. The maximum absolute atomic E-state index is 12.3. The lowest BCUT2D eigenvalue weighted by atomic mass is 10.1. The molecule has 4 rings (SSSR count). The van der Waals surface area contributed by atoms with Crippen LogP contribution in [0.25, 0.3) is 5.82 Å². The first-order valence-electron chi connectivity index (χ1n) is 8.50. The van der Waals surface area contributed by atoms with E-state index >= 15 is 0 Å². The van der Waals surface area contributed by atoms with E-state index in [9.17, 15) is 9.59 Å². The van der Waals surface area contributed by atoms with Crippen molar-refractivity contribution in [3.63, 3.8) is 0 Å². The Kier molecular flexibility index (Phi) is 4.49. The van der Waals surface area contributed by atoms with Gasteiger partial charge in [-0.15, -0.1) is 22.0 Å². The van der Waals surface area contributed by atoms with Gasteiger partial charge in [-0.25, -0.2) is 4.68 Å². The van der Waals surface area contributed by atoms with E-state index in [1.54, 1.807) is 28.9 Å². The topological polar surface area (TPSA) is 81.0 Å². The molecular weight excluding hydrogens is 362 g/mol. The largest absolute Gasteiger partial charge is 0.273 e. The monoisotopic (exact) mass is 379 g/mol. The van der Waals surface area contributed by atoms with Gasteiger partial charge in [-0.3, -0.25) is 14.5 Å². The van der Waals surface area contributed by atoms with Crippen molar-refractivity contribution in [3.05, 3.63) is 65.0 Å². The van der Waals surface area contributed by atoms with Crippen LogP contribution in [0.1, 0.15) is 32.1 Å². The molecule has 0 fully saturated rings. The molecule has 27 heavy (non-hydrogen) atoms. The van der Waals surface area contributed by atoms with E-state index in [1.165, 1.54) is 16.7 Å². The normalized spacial score (nSPS) is 13.3. The van der Waals surface area contributed by atoms with Crippen LogP contribution in [0.15, 0.2) is 47.5 Å². The van der Waals surface area contributed by atoms with Crippen LogP contribution >= 0.6 is 11.8 Å². The van der Waals surface area contributed by atoms with Crippen molar-refractivity contribution in [1.29, 1.82) is 0 Å². The van der Waals surface area contributed by atoms with Gasteiger partial charge in [0.25, 0.3) is 11.8 Å². The Hall–Kier alpha value is -3.00. The van der Waals surface area contributed by atoms with Crippen LogP contribution in [0.4, 0.5) is 0 Å². The van der Waals surface area contributed by atoms with Gasteiger partial charge < -0.3 is 0 Å². The average molecular weight is 379 g/mol. The molecule has 1 aromatic carbocycles. The van der Waals surface area contributed by atoms with Crippen molar-refractivity contribution in [2.24, 2.45) is 0 Å². The third kappa shape index (κ3) is 3.23. The summed E-state index contributed by atoms with van der Waals surface area (Å²) >= 11 is 1.45. The van der Waals surface area contributed by atoms with Crippen molar-refractivity contribution in [2.75, 3.05) is 12.3 Å². The van der Waals surface area contributed by atoms with E-state index in [1.807, 2.05) is 32.0 Å². The van der Waals surface area contributed by atoms with Crippen LogP contribution in [0, 0.1) is 13.8 Å². The zero-order valence-corrected chi connectivity index (χ0v) is 15.7. The Morgan fingerprint density at radius 1 is 0.963 bits per heavy atom. The lowest BCUT2D eigenvalue weighted by molar-refractivity contribution is 0.0664. The number of amides is 2. The summed E-state index contributed by atoms with van der Waals surface area (Å²) < 4.78 is 1.75. The van der Waals surface area contributed by atoms with Gasteiger partial charge in [-0.05, 0) is 44.2 Å². The number of thioether (sulfide) groups is 1. The summed E-state index contributed by atoms with van der Waals surface area (Å²) in [4.78, 5) is 26.0. The molecule has 0 N–H and O–H groups in total. The van der Waals surface area contributed by atoms with Gasteiger partial charge in [0.05, 0.1) is 16.8 Å². The SMILES string of the molecule is Cc1cc(C)n(-c2ccc(SCCN3C(=O)c4ccccc4C3=O)nn2)n1. The highest BCUT2D eigenvalue weighted by Gasteiger charge is 2.34. The van der Waals surface area contributed by atoms with Gasteiger partial charge >= 0.3 is 0 Å². The Balaban J connectivity index is 1.38. The molecule has 3 aromatic rings. The molecule has 0 atom stereocenters. The highest BCUT2D eigenvalue weighted by molar-refractivity contribution is 7.99. The Morgan fingerprint density at radius 3 is 2.22 bits per heavy atom. The predicted octanol–water partition coefficient (Wildman–Crippen LogP) is 2.67. The molecule has 0 bridgehead atoms. The number of imide groups is 1. The lowest BCUT2D eigenvalue weighted by Gasteiger charge is -2.13. The number of fused-ring (bicyclic) bond motifs is 1. The molecule has 8 heteroatoms. The quantitative estimate of drug-likeness (QED) is 0.501. The van der Waals surface area contributed by atoms with Crippen LogP contribution in [0.2, 0.25) is 0 Å². The van der Waals surface area contributed by atoms with Crippen LogP contribution < -0.4 is 0 Å². The third-order valence-electron chi connectivity index (χ3n) is 4.30. The molecule has 0 spiro atoms. The van der Waals surface area contributed by atoms with Gasteiger partial charge in [0.15, 0.2) is 5.82 Å². The summed E-state index contributed by atoms with van der Waals surface area (Å²) in [6.07, 6.45) is 0. The minimum absolute atomic E-state index is 0.234. The van der Waals surface area contributed by atoms with Crippen molar-refractivity contribution >= 4 is 23.6 Å². The number of nitrogens with zero attached hydrogens (tertiary/aromatic N) is 5. The second-order valence-electron chi connectivity index (χ2n) is 6.22. The van der Waals surface area contributed by atoms with E-state index in [2.05, 4.69) is 15.3 Å². The lowest BCUT2D eigenvalue weighted by Crippen LogP contribution is -2.31. The highest BCUT2D eigenvalue weighted by atomic mass is 32.2. The average Bonchev–Trinajstić information content (AvgIpc) is 3.14. The predicted molar refractivity (Wildman–Crippen MR) is 101 cm³/mol. The minimum atomic E-state index is -0.234. The number of benzene rings is 1. The van der Waals surface area contributed by atoms with E-state index in [4.69, 9.17) is 0 Å². The van der Waals surface area contributed by atoms with E-state index in [0.29, 0.717) is 29.2 Å². The Morgan fingerprint density at radius 2 is 1.67 bits per heavy atom. The number of rotatable bonds is 5. The number of hydrogen-bond donors (Lipinski definition) is 0. The minimum Gasteiger partial charge on any atom is -0.273 e. The third-order valence-corrected chi connectivity index (χ3v) is 5.20. The molecule has 7 nitrogen and oxygen atoms in total. The molecule has 3 heterocycles. The van der Waals surface area contributed by atoms with Gasteiger partial charge in [0.2, 0.25) is 0 Å². The van der Waals surface area contributed by atoms with Crippen LogP contribution in [-0.4, -0.2) is 49.0 Å². The van der Waals surface area contributed by atoms with Gasteiger partial charge in [-0.2, -0.15) is 5.10 Å². The molecule has 0 aliphatic carbocycles. The zero-order chi connectivity index (χ0) is 19.0. The smallest absolute Gasteiger partial charge is 0.261 e. The fraction of sp³-hybridized carbons (Fsp3) is 0.211. The van der Waals surface area contributed by atoms with Crippen LogP contribution in [-0.2, 0) is 0 Å². The maximum Gasteiger partial charge on any atom is 0.261 e. The Bertz CT molecular complexity index is 994. The first-order chi connectivity index (χ1) is 13.0. The number of carbonyl (C=O) groups is 2. The van der Waals surface area contributed by atoms with Crippen LogP contribution in [0.5, 0.6) is 0 Å². The standard InChI is InChI=1S/C19H17N5O2S/c1-12-11-13(2)24(22-12)16-7-8-17(21-20-16)27-10-9-23-18(25)14-5-3-4-6-15(14)19(23)26/h3-8,11H,9-10H2,1-2H3. The molecule has 136 valence electrons. The summed E-state index contributed by atoms with van der Waals surface area (Å²) in [5.74, 6) is 0.744. The number of aryl methyl sites for hydroxylation is 2. The van der Waals surface area contributed by atoms with Crippen molar-refractivity contribution in [2.45, 2.75) is 18.9 Å². The number of hydrogen-bond acceptors (Lipinski definition) is 6. The fourth-order valence-corrected chi connectivity index (χ4v) is 3.79. The molecule has 0 saturated heterocycles. The number of aromatic nitrogens is 4. The molecular formula is C19H17N5O2S. The first-order valence-corrected chi connectivity index (χ1v) is 9.48. The van der Waals surface area contributed by atoms with E-state index in [0.717, 1.165) is 16.4 Å². The first kappa shape index (κ1) is 17.4. The van der Waals surface area contributed by atoms with Crippen molar-refractivity contribution < 1.29 is 9.59 Å². The summed E-state index contributed by atoms with van der Waals surface area (Å²) in [6, 6.07) is 12.6. The maximum atomic E-state index is 12.3. The summed E-state index contributed by atoms with van der Waals surface area (Å²) in [5.41, 5.74) is 2.87. The van der Waals surface area contributed by atoms with Gasteiger partial charge in [0.1, 0.15) is 5.03 Å². The molecule has 1 aliphatic rings. The van der Waals surface area contributed by atoms with E-state index < -0.39 is 0 Å². The molecule has 0 unspecified atom stereocenters. The summed E-state index contributed by atoms with van der Waals surface area (Å²) in [5, 5.41) is 13.5.